The molecule has 5 heteroatoms. The fourth-order valence-electron chi connectivity index (χ4n) is 1.91. The number of rotatable bonds is 13. The minimum absolute atomic E-state index is 0.138. The van der Waals surface area contributed by atoms with Gasteiger partial charge in [0.05, 0.1) is 0 Å². The van der Waals surface area contributed by atoms with Crippen LogP contribution in [0.2, 0.25) is 0 Å². The first-order valence-corrected chi connectivity index (χ1v) is 7.85. The van der Waals surface area contributed by atoms with Crippen LogP contribution in [-0.2, 0) is 9.59 Å². The Balaban J connectivity index is 3.29. The largest absolute Gasteiger partial charge is 0.480 e. The van der Waals surface area contributed by atoms with Crippen LogP contribution in [0.25, 0.3) is 0 Å². The van der Waals surface area contributed by atoms with E-state index in [2.05, 4.69) is 17.8 Å². The van der Waals surface area contributed by atoms with Crippen molar-refractivity contribution >= 4 is 11.9 Å². The van der Waals surface area contributed by atoms with E-state index in [0.29, 0.717) is 6.42 Å². The lowest BCUT2D eigenvalue weighted by atomic mass is 10.1. The first kappa shape index (κ1) is 18.9. The highest BCUT2D eigenvalue weighted by Crippen LogP contribution is 2.10. The summed E-state index contributed by atoms with van der Waals surface area (Å²) in [5, 5.41) is 8.63. The summed E-state index contributed by atoms with van der Waals surface area (Å²) in [4.78, 5) is 21.9. The van der Waals surface area contributed by atoms with Gasteiger partial charge in [0.2, 0.25) is 5.91 Å². The van der Waals surface area contributed by atoms with Crippen LogP contribution < -0.4 is 10.9 Å². The van der Waals surface area contributed by atoms with Crippen molar-refractivity contribution in [2.45, 2.75) is 84.1 Å². The molecule has 0 bridgehead atoms. The van der Waals surface area contributed by atoms with E-state index in [0.717, 1.165) is 12.8 Å². The Morgan fingerprint density at radius 1 is 0.950 bits per heavy atom. The Morgan fingerprint density at radius 2 is 1.45 bits per heavy atom. The normalized spacial score (nSPS) is 12.1. The van der Waals surface area contributed by atoms with Gasteiger partial charge in [0, 0.05) is 6.42 Å². The first-order chi connectivity index (χ1) is 9.57. The average molecular weight is 286 g/mol. The van der Waals surface area contributed by atoms with E-state index < -0.39 is 12.0 Å². The number of aliphatic carboxylic acids is 1. The van der Waals surface area contributed by atoms with Crippen molar-refractivity contribution < 1.29 is 14.7 Å². The molecule has 0 radical (unpaired) electrons. The van der Waals surface area contributed by atoms with Gasteiger partial charge in [0.15, 0.2) is 0 Å². The van der Waals surface area contributed by atoms with E-state index in [1.807, 2.05) is 0 Å². The van der Waals surface area contributed by atoms with Crippen molar-refractivity contribution in [3.8, 4) is 0 Å². The molecule has 118 valence electrons. The van der Waals surface area contributed by atoms with Crippen molar-refractivity contribution in [2.75, 3.05) is 0 Å². The summed E-state index contributed by atoms with van der Waals surface area (Å²) in [6.07, 6.45) is 11.4. The zero-order valence-electron chi connectivity index (χ0n) is 12.9. The molecule has 0 rings (SSSR count). The van der Waals surface area contributed by atoms with Gasteiger partial charge in [-0.25, -0.2) is 5.43 Å². The predicted octanol–water partition coefficient (Wildman–Crippen LogP) is 3.00. The van der Waals surface area contributed by atoms with Crippen molar-refractivity contribution in [1.29, 1.82) is 0 Å². The van der Waals surface area contributed by atoms with Crippen molar-refractivity contribution in [3.05, 3.63) is 0 Å². The Kier molecular flexibility index (Phi) is 12.2. The molecule has 0 aliphatic carbocycles. The highest BCUT2D eigenvalue weighted by atomic mass is 16.4. The van der Waals surface area contributed by atoms with Gasteiger partial charge in [-0.05, 0) is 13.3 Å². The Hall–Kier alpha value is -1.10. The van der Waals surface area contributed by atoms with Gasteiger partial charge >= 0.3 is 5.97 Å². The fourth-order valence-corrected chi connectivity index (χ4v) is 1.91. The molecule has 20 heavy (non-hydrogen) atoms. The summed E-state index contributed by atoms with van der Waals surface area (Å²) in [6, 6.07) is -0.762. The van der Waals surface area contributed by atoms with Gasteiger partial charge in [0.25, 0.3) is 0 Å². The lowest BCUT2D eigenvalue weighted by Gasteiger charge is -2.10. The third-order valence-electron chi connectivity index (χ3n) is 3.31. The maximum absolute atomic E-state index is 11.4. The molecular formula is C15H30N2O3. The van der Waals surface area contributed by atoms with Crippen LogP contribution in [0.3, 0.4) is 0 Å². The minimum Gasteiger partial charge on any atom is -0.480 e. The lowest BCUT2D eigenvalue weighted by Crippen LogP contribution is -2.46. The number of amides is 1. The van der Waals surface area contributed by atoms with Gasteiger partial charge < -0.3 is 5.11 Å². The molecule has 1 amide bonds. The van der Waals surface area contributed by atoms with E-state index in [1.54, 1.807) is 0 Å². The van der Waals surface area contributed by atoms with Crippen LogP contribution in [0.1, 0.15) is 78.1 Å². The zero-order chi connectivity index (χ0) is 15.2. The molecule has 0 aliphatic heterocycles. The highest BCUT2D eigenvalue weighted by Gasteiger charge is 2.10. The highest BCUT2D eigenvalue weighted by molar-refractivity contribution is 5.77. The molecule has 0 aromatic carbocycles. The number of hydrogen-bond acceptors (Lipinski definition) is 3. The molecule has 1 atom stereocenters. The Bertz CT molecular complexity index is 270. The van der Waals surface area contributed by atoms with Gasteiger partial charge in [-0.1, -0.05) is 58.3 Å². The molecule has 3 N–H and O–H groups in total. The second-order valence-electron chi connectivity index (χ2n) is 5.33. The molecule has 0 fully saturated rings. The fraction of sp³-hybridized carbons (Fsp3) is 0.867. The van der Waals surface area contributed by atoms with Gasteiger partial charge in [-0.3, -0.25) is 15.0 Å². The smallest absolute Gasteiger partial charge is 0.322 e. The number of nitrogens with one attached hydrogen (secondary N) is 2. The SMILES string of the molecule is CCCCCCCCCCCC(=O)NNC(C)C(=O)O. The third kappa shape index (κ3) is 12.0. The second kappa shape index (κ2) is 12.9. The van der Waals surface area contributed by atoms with Crippen molar-refractivity contribution in [1.82, 2.24) is 10.9 Å². The van der Waals surface area contributed by atoms with Gasteiger partial charge in [-0.15, -0.1) is 0 Å². The number of carbonyl (C=O) groups excluding carboxylic acids is 1. The molecule has 0 saturated heterocycles. The number of carboxylic acid groups (broad SMARTS) is 1. The molecule has 0 heterocycles. The maximum Gasteiger partial charge on any atom is 0.322 e. The number of carboxylic acids is 1. The van der Waals surface area contributed by atoms with E-state index in [4.69, 9.17) is 5.11 Å². The van der Waals surface area contributed by atoms with Crippen LogP contribution in [0.15, 0.2) is 0 Å². The topological polar surface area (TPSA) is 78.4 Å². The summed E-state index contributed by atoms with van der Waals surface area (Å²) in [5.74, 6) is -1.12. The van der Waals surface area contributed by atoms with Crippen LogP contribution >= 0.6 is 0 Å². The van der Waals surface area contributed by atoms with Crippen molar-refractivity contribution in [3.63, 3.8) is 0 Å². The number of hydrazine groups is 1. The second-order valence-corrected chi connectivity index (χ2v) is 5.33. The Morgan fingerprint density at radius 3 is 1.95 bits per heavy atom. The number of hydrogen-bond donors (Lipinski definition) is 3. The van der Waals surface area contributed by atoms with E-state index in [-0.39, 0.29) is 5.91 Å². The van der Waals surface area contributed by atoms with Crippen molar-refractivity contribution in [2.24, 2.45) is 0 Å². The number of carbonyl (C=O) groups is 2. The molecule has 0 aromatic rings. The maximum atomic E-state index is 11.4. The quantitative estimate of drug-likeness (QED) is 0.359. The molecule has 1 unspecified atom stereocenters. The predicted molar refractivity (Wildman–Crippen MR) is 80.2 cm³/mol. The van der Waals surface area contributed by atoms with Crippen LogP contribution in [0.5, 0.6) is 0 Å². The molecule has 0 saturated carbocycles. The monoisotopic (exact) mass is 286 g/mol. The van der Waals surface area contributed by atoms with Crippen LogP contribution in [-0.4, -0.2) is 23.0 Å². The molecule has 0 aromatic heterocycles. The summed E-state index contributed by atoms with van der Waals surface area (Å²) >= 11 is 0. The summed E-state index contributed by atoms with van der Waals surface area (Å²) < 4.78 is 0. The van der Waals surface area contributed by atoms with Gasteiger partial charge in [-0.2, -0.15) is 0 Å². The zero-order valence-corrected chi connectivity index (χ0v) is 12.9. The molecule has 5 nitrogen and oxygen atoms in total. The summed E-state index contributed by atoms with van der Waals surface area (Å²) in [6.45, 7) is 3.71. The standard InChI is InChI=1S/C15H30N2O3/c1-3-4-5-6-7-8-9-10-11-12-14(18)17-16-13(2)15(19)20/h13,16H,3-12H2,1-2H3,(H,17,18)(H,19,20). The number of unbranched alkanes of at least 4 members (excludes halogenated alkanes) is 8. The van der Waals surface area contributed by atoms with Crippen LogP contribution in [0.4, 0.5) is 0 Å². The molecule has 0 aliphatic rings. The third-order valence-corrected chi connectivity index (χ3v) is 3.31. The van der Waals surface area contributed by atoms with Crippen LogP contribution in [0, 0.1) is 0 Å². The lowest BCUT2D eigenvalue weighted by molar-refractivity contribution is -0.139. The molecule has 0 spiro atoms. The van der Waals surface area contributed by atoms with E-state index >= 15 is 0 Å². The first-order valence-electron chi connectivity index (χ1n) is 7.85. The van der Waals surface area contributed by atoms with Gasteiger partial charge in [0.1, 0.15) is 6.04 Å². The Labute approximate surface area is 122 Å². The molecular weight excluding hydrogens is 256 g/mol. The van der Waals surface area contributed by atoms with E-state index in [1.165, 1.54) is 51.9 Å². The summed E-state index contributed by atoms with van der Waals surface area (Å²) in [7, 11) is 0. The minimum atomic E-state index is -0.978. The summed E-state index contributed by atoms with van der Waals surface area (Å²) in [5.41, 5.74) is 4.88. The average Bonchev–Trinajstić information content (AvgIpc) is 2.42. The van der Waals surface area contributed by atoms with E-state index in [9.17, 15) is 9.59 Å².